The number of halogens is 2. The predicted octanol–water partition coefficient (Wildman–Crippen LogP) is 1.19. The molecule has 3 rings (SSSR count). The number of carbonyl (C=O) groups excluding carboxylic acids is 1. The molecule has 4 N–H and O–H groups in total. The molecule has 0 saturated carbocycles. The molecule has 0 aliphatic rings. The predicted molar refractivity (Wildman–Crippen MR) is 103 cm³/mol. The van der Waals surface area contributed by atoms with Crippen molar-refractivity contribution < 1.29 is 22.8 Å². The summed E-state index contributed by atoms with van der Waals surface area (Å²) in [6.45, 7) is 0. The minimum absolute atomic E-state index is 0.00460. The first-order chi connectivity index (χ1) is 14.8. The second-order valence-electron chi connectivity index (χ2n) is 6.00. The molecular weight excluding hydrogens is 432 g/mol. The molecular formula is C18H12F2N7O3S+. The maximum absolute atomic E-state index is 13.3. The van der Waals surface area contributed by atoms with Gasteiger partial charge in [-0.25, -0.2) is 18.6 Å². The zero-order chi connectivity index (χ0) is 22.7. The molecule has 0 bridgehead atoms. The summed E-state index contributed by atoms with van der Waals surface area (Å²) in [6.07, 6.45) is 0. The number of aromatic amines is 1. The highest BCUT2D eigenvalue weighted by Gasteiger charge is 2.31. The van der Waals surface area contributed by atoms with E-state index in [1.165, 1.54) is 17.8 Å². The number of nitrogens with zero attached hydrogens (tertiary/aromatic N) is 4. The van der Waals surface area contributed by atoms with Gasteiger partial charge in [-0.1, -0.05) is 16.4 Å². The van der Waals surface area contributed by atoms with Gasteiger partial charge in [-0.15, -0.1) is 0 Å². The highest BCUT2D eigenvalue weighted by Crippen LogP contribution is 2.33. The van der Waals surface area contributed by atoms with Crippen LogP contribution in [-0.4, -0.2) is 21.9 Å². The number of H-pyrrole nitrogens is 1. The summed E-state index contributed by atoms with van der Waals surface area (Å²) in [5.74, 6) is -3.31. The van der Waals surface area contributed by atoms with E-state index in [0.717, 1.165) is 23.9 Å². The van der Waals surface area contributed by atoms with Crippen LogP contribution in [0.5, 0.6) is 0 Å². The summed E-state index contributed by atoms with van der Waals surface area (Å²) in [4.78, 5) is 28.3. The van der Waals surface area contributed by atoms with Crippen molar-refractivity contribution in [2.75, 3.05) is 16.8 Å². The van der Waals surface area contributed by atoms with E-state index in [9.17, 15) is 28.9 Å². The number of thioether (sulfide) groups is 1. The van der Waals surface area contributed by atoms with Gasteiger partial charge in [0.15, 0.2) is 18.7 Å². The van der Waals surface area contributed by atoms with Crippen LogP contribution in [0.3, 0.4) is 0 Å². The van der Waals surface area contributed by atoms with Crippen LogP contribution in [0.25, 0.3) is 11.3 Å². The fourth-order valence-electron chi connectivity index (χ4n) is 2.65. The summed E-state index contributed by atoms with van der Waals surface area (Å²) in [6, 6.07) is 6.56. The van der Waals surface area contributed by atoms with Gasteiger partial charge in [0.25, 0.3) is 0 Å². The van der Waals surface area contributed by atoms with E-state index in [2.05, 4.69) is 20.1 Å². The molecule has 2 heterocycles. The number of nitriles is 2. The number of rotatable bonds is 5. The van der Waals surface area contributed by atoms with E-state index in [-0.39, 0.29) is 44.7 Å². The second kappa shape index (κ2) is 8.64. The van der Waals surface area contributed by atoms with E-state index >= 15 is 0 Å². The average molecular weight is 444 g/mol. The Labute approximate surface area is 176 Å². The van der Waals surface area contributed by atoms with Gasteiger partial charge in [0.05, 0.1) is 11.3 Å². The number of nitrogens with one attached hydrogen (secondary N) is 2. The Morgan fingerprint density at radius 3 is 2.61 bits per heavy atom. The number of carbonyl (C=O) groups is 1. The highest BCUT2D eigenvalue weighted by atomic mass is 32.2. The molecule has 0 radical (unpaired) electrons. The van der Waals surface area contributed by atoms with Crippen molar-refractivity contribution in [1.29, 1.82) is 10.5 Å². The van der Waals surface area contributed by atoms with Crippen LogP contribution in [0.4, 0.5) is 20.3 Å². The van der Waals surface area contributed by atoms with E-state index in [1.54, 1.807) is 0 Å². The first kappa shape index (κ1) is 21.5. The number of pyridine rings is 1. The van der Waals surface area contributed by atoms with Crippen LogP contribution in [0.15, 0.2) is 32.5 Å². The number of aryl methyl sites for hydroxylation is 1. The summed E-state index contributed by atoms with van der Waals surface area (Å²) >= 11 is 0.808. The molecule has 1 amide bonds. The van der Waals surface area contributed by atoms with Gasteiger partial charge in [-0.3, -0.25) is 9.32 Å². The summed E-state index contributed by atoms with van der Waals surface area (Å²) in [7, 11) is 1.43. The average Bonchev–Trinajstić information content (AvgIpc) is 3.06. The van der Waals surface area contributed by atoms with Crippen LogP contribution in [0.1, 0.15) is 11.1 Å². The van der Waals surface area contributed by atoms with Crippen LogP contribution in [-0.2, 0) is 11.8 Å². The Bertz CT molecular complexity index is 1340. The molecule has 0 unspecified atom stereocenters. The van der Waals surface area contributed by atoms with Crippen LogP contribution >= 0.6 is 11.8 Å². The first-order valence-corrected chi connectivity index (χ1v) is 9.34. The van der Waals surface area contributed by atoms with Crippen molar-refractivity contribution >= 4 is 29.2 Å². The number of amides is 1. The van der Waals surface area contributed by atoms with Gasteiger partial charge in [0, 0.05) is 11.8 Å². The minimum atomic E-state index is -1.12. The van der Waals surface area contributed by atoms with Crippen molar-refractivity contribution in [2.45, 2.75) is 5.03 Å². The Balaban J connectivity index is 1.94. The molecule has 156 valence electrons. The number of nitrogen functional groups attached to an aromatic ring is 1. The Morgan fingerprint density at radius 2 is 2.03 bits per heavy atom. The van der Waals surface area contributed by atoms with Crippen molar-refractivity contribution in [3.63, 3.8) is 0 Å². The van der Waals surface area contributed by atoms with Gasteiger partial charge >= 0.3 is 11.3 Å². The van der Waals surface area contributed by atoms with E-state index in [1.807, 2.05) is 12.1 Å². The molecule has 10 nitrogen and oxygen atoms in total. The Hall–Kier alpha value is -4.23. The van der Waals surface area contributed by atoms with Gasteiger partial charge in [-0.2, -0.15) is 10.5 Å². The third-order valence-corrected chi connectivity index (χ3v) is 4.98. The molecule has 0 atom stereocenters. The number of nitrogens with two attached hydrogens (primary N) is 1. The molecule has 31 heavy (non-hydrogen) atoms. The summed E-state index contributed by atoms with van der Waals surface area (Å²) in [5.41, 5.74) is 4.47. The molecule has 0 aliphatic heterocycles. The maximum Gasteiger partial charge on any atom is 0.435 e. The molecule has 0 saturated heterocycles. The number of anilines is 2. The van der Waals surface area contributed by atoms with Crippen LogP contribution in [0.2, 0.25) is 0 Å². The highest BCUT2D eigenvalue weighted by molar-refractivity contribution is 8.00. The van der Waals surface area contributed by atoms with E-state index < -0.39 is 23.2 Å². The summed E-state index contributed by atoms with van der Waals surface area (Å²) < 4.78 is 32.1. The number of benzene rings is 1. The lowest BCUT2D eigenvalue weighted by molar-refractivity contribution is -0.730. The van der Waals surface area contributed by atoms with Crippen LogP contribution in [0, 0.1) is 34.3 Å². The summed E-state index contributed by atoms with van der Waals surface area (Å²) in [5, 5.41) is 23.8. The lowest BCUT2D eigenvalue weighted by atomic mass is 10.0. The smallest absolute Gasteiger partial charge is 0.383 e. The second-order valence-corrected chi connectivity index (χ2v) is 6.97. The monoisotopic (exact) mass is 444 g/mol. The topological polar surface area (TPSA) is 165 Å². The zero-order valence-electron chi connectivity index (χ0n) is 15.7. The molecule has 0 spiro atoms. The normalized spacial score (nSPS) is 10.4. The largest absolute Gasteiger partial charge is 0.435 e. The van der Waals surface area contributed by atoms with Gasteiger partial charge in [-0.05, 0) is 17.4 Å². The number of hydrogen-bond acceptors (Lipinski definition) is 8. The molecule has 0 fully saturated rings. The van der Waals surface area contributed by atoms with Crippen molar-refractivity contribution in [3.05, 3.63) is 51.4 Å². The lowest BCUT2D eigenvalue weighted by Crippen LogP contribution is -2.34. The van der Waals surface area contributed by atoms with Gasteiger partial charge in [0.1, 0.15) is 34.1 Å². The van der Waals surface area contributed by atoms with E-state index in [0.29, 0.717) is 0 Å². The lowest BCUT2D eigenvalue weighted by Gasteiger charge is -2.10. The molecule has 0 aliphatic carbocycles. The van der Waals surface area contributed by atoms with Crippen LogP contribution < -0.4 is 21.4 Å². The molecule has 1 aromatic carbocycles. The third-order valence-electron chi connectivity index (χ3n) is 4.00. The van der Waals surface area contributed by atoms with Gasteiger partial charge in [0.2, 0.25) is 5.91 Å². The number of aromatic nitrogens is 3. The van der Waals surface area contributed by atoms with E-state index in [4.69, 9.17) is 5.73 Å². The third kappa shape index (κ3) is 4.22. The fourth-order valence-corrected chi connectivity index (χ4v) is 3.45. The molecule has 3 aromatic rings. The standard InChI is InChI=1S/C18H11F2N7O3S/c1-27-15(18(29)30-26-27)14-9(5-21)16(23)25-17(10(14)6-22)31-7-13(28)24-8-2-3-11(19)12(20)4-8/h2-4H,7H2,1H3,(H3-,23,24,25,26,28,29)/p+1. The van der Waals surface area contributed by atoms with Crippen molar-refractivity contribution in [3.8, 4) is 23.4 Å². The minimum Gasteiger partial charge on any atom is -0.383 e. The number of hydrogen-bond donors (Lipinski definition) is 3. The Morgan fingerprint density at radius 1 is 1.32 bits per heavy atom. The molecule has 2 aromatic heterocycles. The molecule has 13 heteroatoms. The van der Waals surface area contributed by atoms with Gasteiger partial charge < -0.3 is 11.1 Å². The fraction of sp³-hybridized carbons (Fsp3) is 0.111. The zero-order valence-corrected chi connectivity index (χ0v) is 16.5. The first-order valence-electron chi connectivity index (χ1n) is 8.36. The Kier molecular flexibility index (Phi) is 5.99. The SMILES string of the molecule is C[n+]1[nH]oc(=O)c1-c1c(C#N)c(N)nc(SCC(=O)Nc2ccc(F)c(F)c2)c1C#N. The van der Waals surface area contributed by atoms with Crippen molar-refractivity contribution in [2.24, 2.45) is 7.05 Å². The quantitative estimate of drug-likeness (QED) is 0.390. The van der Waals surface area contributed by atoms with Crippen molar-refractivity contribution in [1.82, 2.24) is 10.3 Å². The maximum atomic E-state index is 13.3.